The topological polar surface area (TPSA) is 61.4 Å². The minimum Gasteiger partial charge on any atom is -0.356 e. The zero-order valence-corrected chi connectivity index (χ0v) is 14.9. The van der Waals surface area contributed by atoms with Crippen LogP contribution in [0.25, 0.3) is 0 Å². The average molecular weight is 349 g/mol. The van der Waals surface area contributed by atoms with Crippen molar-refractivity contribution in [3.63, 3.8) is 0 Å². The normalized spacial score (nSPS) is 15.8. The summed E-state index contributed by atoms with van der Waals surface area (Å²) in [6.07, 6.45) is 4.88. The van der Waals surface area contributed by atoms with E-state index in [1.807, 2.05) is 0 Å². The van der Waals surface area contributed by atoms with Crippen LogP contribution in [0.15, 0.2) is 24.3 Å². The Hall–Kier alpha value is -1.95. The van der Waals surface area contributed by atoms with E-state index in [-0.39, 0.29) is 23.5 Å². The Morgan fingerprint density at radius 3 is 2.48 bits per heavy atom. The minimum atomic E-state index is -0.326. The highest BCUT2D eigenvalue weighted by molar-refractivity contribution is 5.92. The molecule has 1 aliphatic heterocycles. The van der Waals surface area contributed by atoms with Crippen LogP contribution in [-0.4, -0.2) is 42.9 Å². The molecule has 1 fully saturated rings. The first-order chi connectivity index (χ1) is 12.1. The van der Waals surface area contributed by atoms with Gasteiger partial charge in [-0.2, -0.15) is 0 Å². The molecular formula is C19H28FN3O2. The molecule has 0 radical (unpaired) electrons. The van der Waals surface area contributed by atoms with Crippen molar-refractivity contribution in [1.82, 2.24) is 10.2 Å². The van der Waals surface area contributed by atoms with E-state index < -0.39 is 0 Å². The summed E-state index contributed by atoms with van der Waals surface area (Å²) in [6.45, 7) is 4.67. The Balaban J connectivity index is 1.66. The molecule has 0 spiro atoms. The first kappa shape index (κ1) is 19.4. The number of carbonyl (C=O) groups is 2. The summed E-state index contributed by atoms with van der Waals surface area (Å²) < 4.78 is 12.9. The van der Waals surface area contributed by atoms with Crippen molar-refractivity contribution in [2.75, 3.05) is 31.5 Å². The number of carbonyl (C=O) groups excluding carboxylic acids is 2. The lowest BCUT2D eigenvalue weighted by atomic mass is 9.96. The Bertz CT molecular complexity index is 554. The molecule has 1 heterocycles. The van der Waals surface area contributed by atoms with E-state index in [1.54, 1.807) is 12.1 Å². The molecule has 1 aromatic carbocycles. The zero-order valence-electron chi connectivity index (χ0n) is 14.9. The lowest BCUT2D eigenvalue weighted by Gasteiger charge is -2.30. The zero-order chi connectivity index (χ0) is 18.1. The molecule has 1 aliphatic rings. The van der Waals surface area contributed by atoms with Gasteiger partial charge in [-0.1, -0.05) is 19.8 Å². The van der Waals surface area contributed by atoms with Crippen LogP contribution in [0.3, 0.4) is 0 Å². The Labute approximate surface area is 149 Å². The molecule has 6 heteroatoms. The number of piperidine rings is 1. The van der Waals surface area contributed by atoms with Crippen molar-refractivity contribution >= 4 is 17.5 Å². The van der Waals surface area contributed by atoms with E-state index in [0.717, 1.165) is 51.7 Å². The van der Waals surface area contributed by atoms with Gasteiger partial charge >= 0.3 is 0 Å². The molecule has 2 amide bonds. The van der Waals surface area contributed by atoms with Gasteiger partial charge in [-0.25, -0.2) is 4.39 Å². The maximum atomic E-state index is 12.9. The predicted octanol–water partition coefficient (Wildman–Crippen LogP) is 2.78. The van der Waals surface area contributed by atoms with Crippen molar-refractivity contribution in [2.24, 2.45) is 5.92 Å². The summed E-state index contributed by atoms with van der Waals surface area (Å²) in [5.74, 6) is -0.244. The Morgan fingerprint density at radius 1 is 1.16 bits per heavy atom. The lowest BCUT2D eigenvalue weighted by Crippen LogP contribution is -2.43. The largest absolute Gasteiger partial charge is 0.356 e. The van der Waals surface area contributed by atoms with Crippen LogP contribution in [0, 0.1) is 11.7 Å². The molecular weight excluding hydrogens is 321 g/mol. The summed E-state index contributed by atoms with van der Waals surface area (Å²) in [5.41, 5.74) is 0.591. The highest BCUT2D eigenvalue weighted by atomic mass is 19.1. The third-order valence-electron chi connectivity index (χ3n) is 4.53. The number of rotatable bonds is 8. The number of halogens is 1. The van der Waals surface area contributed by atoms with Crippen LogP contribution in [0.1, 0.15) is 39.0 Å². The Morgan fingerprint density at radius 2 is 1.84 bits per heavy atom. The van der Waals surface area contributed by atoms with Crippen LogP contribution >= 0.6 is 0 Å². The smallest absolute Gasteiger partial charge is 0.238 e. The molecule has 2 rings (SSSR count). The van der Waals surface area contributed by atoms with Gasteiger partial charge in [0.15, 0.2) is 0 Å². The van der Waals surface area contributed by atoms with E-state index >= 15 is 0 Å². The summed E-state index contributed by atoms with van der Waals surface area (Å²) in [6, 6.07) is 5.73. The molecule has 1 aromatic rings. The minimum absolute atomic E-state index is 0.0537. The van der Waals surface area contributed by atoms with E-state index in [0.29, 0.717) is 12.2 Å². The van der Waals surface area contributed by atoms with Crippen LogP contribution in [0.5, 0.6) is 0 Å². The first-order valence-corrected chi connectivity index (χ1v) is 9.14. The van der Waals surface area contributed by atoms with Gasteiger partial charge in [0.25, 0.3) is 0 Å². The summed E-state index contributed by atoms with van der Waals surface area (Å²) in [4.78, 5) is 26.2. The Kier molecular flexibility index (Phi) is 7.85. The SMILES string of the molecule is CCCCCNC(=O)C1CCN(CC(=O)Nc2ccc(F)cc2)CC1. The molecule has 0 aliphatic carbocycles. The number of nitrogens with one attached hydrogen (secondary N) is 2. The number of nitrogens with zero attached hydrogens (tertiary/aromatic N) is 1. The van der Waals surface area contributed by atoms with E-state index in [1.165, 1.54) is 12.1 Å². The van der Waals surface area contributed by atoms with Crippen LogP contribution in [0.4, 0.5) is 10.1 Å². The number of unbranched alkanes of at least 4 members (excludes halogenated alkanes) is 2. The molecule has 0 unspecified atom stereocenters. The van der Waals surface area contributed by atoms with Gasteiger partial charge in [0.2, 0.25) is 11.8 Å². The molecule has 138 valence electrons. The monoisotopic (exact) mass is 349 g/mol. The quantitative estimate of drug-likeness (QED) is 0.710. The van der Waals surface area contributed by atoms with Gasteiger partial charge in [0.05, 0.1) is 6.54 Å². The van der Waals surface area contributed by atoms with Crippen molar-refractivity contribution < 1.29 is 14.0 Å². The van der Waals surface area contributed by atoms with E-state index in [2.05, 4.69) is 22.5 Å². The van der Waals surface area contributed by atoms with Crippen LogP contribution in [0.2, 0.25) is 0 Å². The number of hydrogen-bond donors (Lipinski definition) is 2. The van der Waals surface area contributed by atoms with Gasteiger partial charge in [0, 0.05) is 18.2 Å². The number of amides is 2. The fraction of sp³-hybridized carbons (Fsp3) is 0.579. The van der Waals surface area contributed by atoms with Crippen molar-refractivity contribution in [2.45, 2.75) is 39.0 Å². The molecule has 0 aromatic heterocycles. The van der Waals surface area contributed by atoms with Crippen molar-refractivity contribution in [3.8, 4) is 0 Å². The first-order valence-electron chi connectivity index (χ1n) is 9.14. The van der Waals surface area contributed by atoms with E-state index in [4.69, 9.17) is 0 Å². The summed E-state index contributed by atoms with van der Waals surface area (Å²) >= 11 is 0. The van der Waals surface area contributed by atoms with Gasteiger partial charge in [0.1, 0.15) is 5.82 Å². The second kappa shape index (κ2) is 10.1. The van der Waals surface area contributed by atoms with Gasteiger partial charge in [-0.3, -0.25) is 14.5 Å². The molecule has 25 heavy (non-hydrogen) atoms. The molecule has 5 nitrogen and oxygen atoms in total. The number of hydrogen-bond acceptors (Lipinski definition) is 3. The van der Waals surface area contributed by atoms with E-state index in [9.17, 15) is 14.0 Å². The number of likely N-dealkylation sites (tertiary alicyclic amines) is 1. The maximum absolute atomic E-state index is 12.9. The highest BCUT2D eigenvalue weighted by Crippen LogP contribution is 2.17. The van der Waals surface area contributed by atoms with Crippen LogP contribution < -0.4 is 10.6 Å². The molecule has 0 saturated carbocycles. The maximum Gasteiger partial charge on any atom is 0.238 e. The second-order valence-electron chi connectivity index (χ2n) is 6.60. The third kappa shape index (κ3) is 6.82. The van der Waals surface area contributed by atoms with Gasteiger partial charge < -0.3 is 10.6 Å². The van der Waals surface area contributed by atoms with Crippen molar-refractivity contribution in [3.05, 3.63) is 30.1 Å². The number of anilines is 1. The molecule has 0 atom stereocenters. The summed E-state index contributed by atoms with van der Waals surface area (Å²) in [5, 5.41) is 5.78. The van der Waals surface area contributed by atoms with Gasteiger partial charge in [-0.05, 0) is 56.6 Å². The van der Waals surface area contributed by atoms with Crippen LogP contribution in [-0.2, 0) is 9.59 Å². The highest BCUT2D eigenvalue weighted by Gasteiger charge is 2.25. The predicted molar refractivity (Wildman–Crippen MR) is 96.7 cm³/mol. The summed E-state index contributed by atoms with van der Waals surface area (Å²) in [7, 11) is 0. The van der Waals surface area contributed by atoms with Crippen molar-refractivity contribution in [1.29, 1.82) is 0 Å². The fourth-order valence-corrected chi connectivity index (χ4v) is 3.02. The molecule has 0 bridgehead atoms. The number of benzene rings is 1. The molecule has 2 N–H and O–H groups in total. The fourth-order valence-electron chi connectivity index (χ4n) is 3.02. The standard InChI is InChI=1S/C19H28FN3O2/c1-2-3-4-11-21-19(25)15-9-12-23(13-10-15)14-18(24)22-17-7-5-16(20)6-8-17/h5-8,15H,2-4,9-14H2,1H3,(H,21,25)(H,22,24). The lowest BCUT2D eigenvalue weighted by molar-refractivity contribution is -0.126. The molecule has 1 saturated heterocycles. The van der Waals surface area contributed by atoms with Gasteiger partial charge in [-0.15, -0.1) is 0 Å². The average Bonchev–Trinajstić information content (AvgIpc) is 2.61. The third-order valence-corrected chi connectivity index (χ3v) is 4.53. The second-order valence-corrected chi connectivity index (χ2v) is 6.60.